The van der Waals surface area contributed by atoms with Crippen LogP contribution in [0.15, 0.2) is 54.6 Å². The molecule has 3 atom stereocenters. The van der Waals surface area contributed by atoms with Gasteiger partial charge in [-0.25, -0.2) is 0 Å². The van der Waals surface area contributed by atoms with Crippen molar-refractivity contribution < 1.29 is 4.79 Å². The zero-order valence-electron chi connectivity index (χ0n) is 14.0. The number of amides is 1. The summed E-state index contributed by atoms with van der Waals surface area (Å²) in [5, 5.41) is 3.28. The first-order valence-corrected chi connectivity index (χ1v) is 8.17. The fourth-order valence-corrected chi connectivity index (χ4v) is 3.29. The van der Waals surface area contributed by atoms with Crippen LogP contribution in [-0.4, -0.2) is 30.9 Å². The third-order valence-corrected chi connectivity index (χ3v) is 4.91. The second kappa shape index (κ2) is 6.55. The number of carbonyl (C=O) groups excluding carboxylic acids is 1. The molecule has 0 aliphatic heterocycles. The molecule has 3 heteroatoms. The van der Waals surface area contributed by atoms with Gasteiger partial charge in [0.1, 0.15) is 0 Å². The number of rotatable bonds is 4. The molecule has 0 fully saturated rings. The molecule has 1 N–H and O–H groups in total. The number of likely N-dealkylation sites (N-methyl/N-ethyl adjacent to an activating group) is 1. The molecule has 3 rings (SSSR count). The molecule has 23 heavy (non-hydrogen) atoms. The van der Waals surface area contributed by atoms with E-state index in [0.29, 0.717) is 5.92 Å². The highest BCUT2D eigenvalue weighted by atomic mass is 16.2. The van der Waals surface area contributed by atoms with Gasteiger partial charge in [0.05, 0.1) is 12.1 Å². The molecule has 0 radical (unpaired) electrons. The molecule has 3 nitrogen and oxygen atoms in total. The molecular formula is C20H24N2O. The van der Waals surface area contributed by atoms with Crippen molar-refractivity contribution in [3.63, 3.8) is 0 Å². The van der Waals surface area contributed by atoms with Crippen LogP contribution in [0.2, 0.25) is 0 Å². The number of fused-ring (bicyclic) bond motifs is 1. The van der Waals surface area contributed by atoms with Crippen molar-refractivity contribution in [1.82, 2.24) is 10.2 Å². The normalized spacial score (nSPS) is 21.0. The van der Waals surface area contributed by atoms with Crippen molar-refractivity contribution >= 4 is 5.91 Å². The molecule has 1 aliphatic carbocycles. The van der Waals surface area contributed by atoms with Crippen LogP contribution >= 0.6 is 0 Å². The van der Waals surface area contributed by atoms with E-state index in [1.165, 1.54) is 16.7 Å². The topological polar surface area (TPSA) is 32.3 Å². The van der Waals surface area contributed by atoms with Crippen LogP contribution in [0.25, 0.3) is 0 Å². The second-order valence-electron chi connectivity index (χ2n) is 6.55. The van der Waals surface area contributed by atoms with Crippen LogP contribution < -0.4 is 5.32 Å². The predicted octanol–water partition coefficient (Wildman–Crippen LogP) is 3.13. The Labute approximate surface area is 138 Å². The zero-order valence-corrected chi connectivity index (χ0v) is 14.0. The van der Waals surface area contributed by atoms with Gasteiger partial charge in [0.2, 0.25) is 5.91 Å². The number of benzene rings is 2. The van der Waals surface area contributed by atoms with Gasteiger partial charge in [-0.1, -0.05) is 54.6 Å². The Morgan fingerprint density at radius 1 is 1.09 bits per heavy atom. The van der Waals surface area contributed by atoms with E-state index >= 15 is 0 Å². The van der Waals surface area contributed by atoms with Crippen molar-refractivity contribution in [3.05, 3.63) is 71.3 Å². The zero-order chi connectivity index (χ0) is 16.4. The highest BCUT2D eigenvalue weighted by Gasteiger charge is 2.35. The molecule has 0 saturated carbocycles. The van der Waals surface area contributed by atoms with E-state index in [0.717, 1.165) is 6.42 Å². The third-order valence-electron chi connectivity index (χ3n) is 4.91. The fourth-order valence-electron chi connectivity index (χ4n) is 3.29. The van der Waals surface area contributed by atoms with E-state index in [1.807, 2.05) is 32.0 Å². The lowest BCUT2D eigenvalue weighted by molar-refractivity contribution is -0.125. The lowest BCUT2D eigenvalue weighted by atomic mass is 9.92. The first kappa shape index (κ1) is 15.8. The van der Waals surface area contributed by atoms with Crippen LogP contribution in [0.4, 0.5) is 0 Å². The van der Waals surface area contributed by atoms with Crippen LogP contribution in [0.3, 0.4) is 0 Å². The van der Waals surface area contributed by atoms with Gasteiger partial charge in [0.25, 0.3) is 0 Å². The molecule has 1 amide bonds. The van der Waals surface area contributed by atoms with Crippen LogP contribution in [-0.2, 0) is 11.2 Å². The Morgan fingerprint density at radius 3 is 2.43 bits per heavy atom. The third kappa shape index (κ3) is 3.15. The molecular weight excluding hydrogens is 284 g/mol. The highest BCUT2D eigenvalue weighted by molar-refractivity contribution is 5.82. The van der Waals surface area contributed by atoms with Crippen molar-refractivity contribution in [1.29, 1.82) is 0 Å². The molecule has 0 spiro atoms. The summed E-state index contributed by atoms with van der Waals surface area (Å²) in [4.78, 5) is 14.5. The number of hydrogen-bond acceptors (Lipinski definition) is 2. The van der Waals surface area contributed by atoms with Gasteiger partial charge in [-0.05, 0) is 44.1 Å². The minimum atomic E-state index is -0.140. The van der Waals surface area contributed by atoms with E-state index in [1.54, 1.807) is 0 Å². The Morgan fingerprint density at radius 2 is 1.74 bits per heavy atom. The predicted molar refractivity (Wildman–Crippen MR) is 93.4 cm³/mol. The monoisotopic (exact) mass is 308 g/mol. The lowest BCUT2D eigenvalue weighted by Gasteiger charge is -2.26. The summed E-state index contributed by atoms with van der Waals surface area (Å²) in [6.07, 6.45) is 0.974. The Balaban J connectivity index is 1.91. The summed E-state index contributed by atoms with van der Waals surface area (Å²) in [5.41, 5.74) is 3.87. The molecule has 0 saturated heterocycles. The Bertz CT molecular complexity index is 681. The Hall–Kier alpha value is -2.13. The molecule has 2 aromatic rings. The maximum atomic E-state index is 12.6. The van der Waals surface area contributed by atoms with E-state index < -0.39 is 0 Å². The van der Waals surface area contributed by atoms with Gasteiger partial charge in [-0.3, -0.25) is 9.69 Å². The van der Waals surface area contributed by atoms with Gasteiger partial charge >= 0.3 is 0 Å². The maximum absolute atomic E-state index is 12.6. The average Bonchev–Trinajstić information content (AvgIpc) is 2.93. The van der Waals surface area contributed by atoms with E-state index in [2.05, 4.69) is 53.8 Å². The summed E-state index contributed by atoms with van der Waals surface area (Å²) >= 11 is 0. The van der Waals surface area contributed by atoms with Gasteiger partial charge in [-0.15, -0.1) is 0 Å². The molecule has 0 bridgehead atoms. The SMILES string of the molecule is CC(C(=O)NC1c2ccccc2CC1c1ccccc1)N(C)C. The average molecular weight is 308 g/mol. The van der Waals surface area contributed by atoms with Crippen molar-refractivity contribution in [2.24, 2.45) is 0 Å². The largest absolute Gasteiger partial charge is 0.347 e. The van der Waals surface area contributed by atoms with E-state index in [4.69, 9.17) is 0 Å². The van der Waals surface area contributed by atoms with Crippen molar-refractivity contribution in [2.75, 3.05) is 14.1 Å². The van der Waals surface area contributed by atoms with E-state index in [9.17, 15) is 4.79 Å². The first-order chi connectivity index (χ1) is 11.1. The highest BCUT2D eigenvalue weighted by Crippen LogP contribution is 2.42. The standard InChI is InChI=1S/C20H24N2O/c1-14(22(2)3)20(23)21-19-17-12-8-7-11-16(17)13-18(19)15-9-5-4-6-10-15/h4-12,14,18-19H,13H2,1-3H3,(H,21,23). The molecule has 1 aliphatic rings. The molecule has 0 heterocycles. The molecule has 2 aromatic carbocycles. The molecule has 0 aromatic heterocycles. The summed E-state index contributed by atoms with van der Waals surface area (Å²) in [7, 11) is 3.86. The first-order valence-electron chi connectivity index (χ1n) is 8.17. The maximum Gasteiger partial charge on any atom is 0.237 e. The summed E-state index contributed by atoms with van der Waals surface area (Å²) < 4.78 is 0. The van der Waals surface area contributed by atoms with Gasteiger partial charge in [0, 0.05) is 5.92 Å². The van der Waals surface area contributed by atoms with Crippen LogP contribution in [0.5, 0.6) is 0 Å². The minimum absolute atomic E-state index is 0.0449. The van der Waals surface area contributed by atoms with E-state index in [-0.39, 0.29) is 18.0 Å². The quantitative estimate of drug-likeness (QED) is 0.941. The minimum Gasteiger partial charge on any atom is -0.347 e. The summed E-state index contributed by atoms with van der Waals surface area (Å²) in [5.74, 6) is 0.379. The van der Waals surface area contributed by atoms with Crippen molar-refractivity contribution in [3.8, 4) is 0 Å². The molecule has 3 unspecified atom stereocenters. The van der Waals surface area contributed by atoms with Gasteiger partial charge in [-0.2, -0.15) is 0 Å². The lowest BCUT2D eigenvalue weighted by Crippen LogP contribution is -2.43. The summed E-state index contributed by atoms with van der Waals surface area (Å²) in [6.45, 7) is 1.94. The van der Waals surface area contributed by atoms with Crippen LogP contribution in [0.1, 0.15) is 35.6 Å². The number of nitrogens with zero attached hydrogens (tertiary/aromatic N) is 1. The van der Waals surface area contributed by atoms with Gasteiger partial charge < -0.3 is 5.32 Å². The molecule has 120 valence electrons. The van der Waals surface area contributed by atoms with Crippen LogP contribution in [0, 0.1) is 0 Å². The smallest absolute Gasteiger partial charge is 0.237 e. The fraction of sp³-hybridized carbons (Fsp3) is 0.350. The summed E-state index contributed by atoms with van der Waals surface area (Å²) in [6, 6.07) is 18.8. The van der Waals surface area contributed by atoms with Crippen molar-refractivity contribution in [2.45, 2.75) is 31.3 Å². The van der Waals surface area contributed by atoms with Gasteiger partial charge in [0.15, 0.2) is 0 Å². The Kier molecular flexibility index (Phi) is 4.49. The second-order valence-corrected chi connectivity index (χ2v) is 6.55. The number of nitrogens with one attached hydrogen (secondary N) is 1. The number of carbonyl (C=O) groups is 1. The number of hydrogen-bond donors (Lipinski definition) is 1.